The number of nitrogens with zero attached hydrogens (tertiary/aromatic N) is 3. The maximum Gasteiger partial charge on any atom is 0.338 e. The minimum absolute atomic E-state index is 0.0324. The van der Waals surface area contributed by atoms with E-state index in [-0.39, 0.29) is 12.3 Å². The van der Waals surface area contributed by atoms with E-state index in [0.717, 1.165) is 22.0 Å². The summed E-state index contributed by atoms with van der Waals surface area (Å²) in [5.74, 6) is 0.297. The molecular weight excluding hydrogens is 502 g/mol. The summed E-state index contributed by atoms with van der Waals surface area (Å²) >= 11 is 1.47. The third-order valence-corrected chi connectivity index (χ3v) is 7.64. The summed E-state index contributed by atoms with van der Waals surface area (Å²) in [5.41, 5.74) is 3.90. The van der Waals surface area contributed by atoms with Crippen molar-refractivity contribution in [2.45, 2.75) is 32.4 Å². The van der Waals surface area contributed by atoms with Crippen LogP contribution in [0.15, 0.2) is 82.0 Å². The van der Waals surface area contributed by atoms with Gasteiger partial charge in [-0.25, -0.2) is 9.79 Å². The van der Waals surface area contributed by atoms with Gasteiger partial charge in [0.2, 0.25) is 5.91 Å². The zero-order valence-electron chi connectivity index (χ0n) is 21.6. The molecule has 1 fully saturated rings. The molecule has 38 heavy (non-hydrogen) atoms. The van der Waals surface area contributed by atoms with Crippen molar-refractivity contribution < 1.29 is 23.8 Å². The van der Waals surface area contributed by atoms with E-state index in [1.165, 1.54) is 18.9 Å². The molecule has 0 spiro atoms. The van der Waals surface area contributed by atoms with Gasteiger partial charge in [0.1, 0.15) is 12.4 Å². The highest BCUT2D eigenvalue weighted by atomic mass is 32.2. The minimum Gasteiger partial charge on any atom is -0.489 e. The number of amidine groups is 1. The summed E-state index contributed by atoms with van der Waals surface area (Å²) in [4.78, 5) is 35.0. The largest absolute Gasteiger partial charge is 0.489 e. The molecule has 0 aromatic heterocycles. The number of aliphatic imine (C=N–C) groups is 1. The third-order valence-electron chi connectivity index (χ3n) is 6.75. The Morgan fingerprint density at radius 3 is 2.63 bits per heavy atom. The quantitative estimate of drug-likeness (QED) is 0.457. The van der Waals surface area contributed by atoms with Gasteiger partial charge in [0.05, 0.1) is 44.1 Å². The van der Waals surface area contributed by atoms with Gasteiger partial charge in [-0.2, -0.15) is 0 Å². The molecule has 3 aliphatic heterocycles. The van der Waals surface area contributed by atoms with Crippen molar-refractivity contribution in [2.24, 2.45) is 4.99 Å². The molecule has 8 nitrogen and oxygen atoms in total. The third kappa shape index (κ3) is 5.49. The van der Waals surface area contributed by atoms with Crippen molar-refractivity contribution in [1.82, 2.24) is 9.80 Å². The molecule has 198 valence electrons. The standard InChI is InChI=1S/C29H31N3O5S/c1-3-24-26(28(34)35-2)27(21-10-7-11-23(16-21)37-18-20-8-5-4-6-9-20)32-22(19-38-29(32)30-24)17-25(33)31-12-14-36-15-13-31/h4-11,16,19,27H,3,12-15,17-18H2,1-2H3. The number of thioether (sulfide) groups is 1. The maximum absolute atomic E-state index is 13.2. The van der Waals surface area contributed by atoms with Crippen molar-refractivity contribution in [1.29, 1.82) is 0 Å². The molecule has 1 amide bonds. The van der Waals surface area contributed by atoms with Gasteiger partial charge >= 0.3 is 5.97 Å². The van der Waals surface area contributed by atoms with E-state index in [0.29, 0.717) is 56.4 Å². The molecule has 0 bridgehead atoms. The molecule has 0 saturated carbocycles. The number of morpholine rings is 1. The average molecular weight is 534 g/mol. The van der Waals surface area contributed by atoms with Crippen LogP contribution in [0.4, 0.5) is 0 Å². The lowest BCUT2D eigenvalue weighted by molar-refractivity contribution is -0.136. The van der Waals surface area contributed by atoms with Crippen LogP contribution in [0, 0.1) is 0 Å². The Balaban J connectivity index is 1.47. The van der Waals surface area contributed by atoms with Crippen molar-refractivity contribution in [3.8, 4) is 5.75 Å². The summed E-state index contributed by atoms with van der Waals surface area (Å²) in [6.45, 7) is 4.66. The Bertz CT molecular complexity index is 1280. The van der Waals surface area contributed by atoms with E-state index >= 15 is 0 Å². The lowest BCUT2D eigenvalue weighted by Crippen LogP contribution is -2.42. The van der Waals surface area contributed by atoms with Crippen LogP contribution >= 0.6 is 11.8 Å². The highest BCUT2D eigenvalue weighted by Crippen LogP contribution is 2.46. The number of ether oxygens (including phenoxy) is 3. The van der Waals surface area contributed by atoms with Crippen molar-refractivity contribution in [3.63, 3.8) is 0 Å². The fourth-order valence-corrected chi connectivity index (χ4v) is 5.76. The highest BCUT2D eigenvalue weighted by Gasteiger charge is 2.42. The van der Waals surface area contributed by atoms with E-state index in [1.807, 2.05) is 76.7 Å². The number of benzene rings is 2. The van der Waals surface area contributed by atoms with Crippen LogP contribution in [0.2, 0.25) is 0 Å². The first-order valence-electron chi connectivity index (χ1n) is 12.8. The molecule has 3 heterocycles. The fraction of sp³-hybridized carbons (Fsp3) is 0.345. The Kier molecular flexibility index (Phi) is 8.14. The van der Waals surface area contributed by atoms with Gasteiger partial charge in [0.25, 0.3) is 0 Å². The van der Waals surface area contributed by atoms with Crippen LogP contribution in [0.25, 0.3) is 0 Å². The molecule has 2 aromatic carbocycles. The number of allylic oxidation sites excluding steroid dienone is 1. The molecular formula is C29H31N3O5S. The topological polar surface area (TPSA) is 80.7 Å². The minimum atomic E-state index is -0.496. The maximum atomic E-state index is 13.2. The first-order chi connectivity index (χ1) is 18.6. The molecule has 5 rings (SSSR count). The van der Waals surface area contributed by atoms with E-state index in [2.05, 4.69) is 0 Å². The van der Waals surface area contributed by atoms with Crippen molar-refractivity contribution in [3.05, 3.63) is 88.1 Å². The molecule has 1 unspecified atom stereocenters. The number of fused-ring (bicyclic) bond motifs is 1. The van der Waals surface area contributed by atoms with Crippen LogP contribution in [0.5, 0.6) is 5.75 Å². The van der Waals surface area contributed by atoms with Crippen molar-refractivity contribution in [2.75, 3.05) is 33.4 Å². The number of carbonyl (C=O) groups excluding carboxylic acids is 2. The van der Waals surface area contributed by atoms with E-state index in [1.54, 1.807) is 0 Å². The van der Waals surface area contributed by atoms with Gasteiger partial charge in [0.15, 0.2) is 5.17 Å². The van der Waals surface area contributed by atoms with Gasteiger partial charge in [-0.05, 0) is 35.1 Å². The molecule has 3 aliphatic rings. The van der Waals surface area contributed by atoms with Crippen LogP contribution in [-0.2, 0) is 25.7 Å². The zero-order chi connectivity index (χ0) is 26.5. The molecule has 1 atom stereocenters. The first kappa shape index (κ1) is 26.1. The number of amides is 1. The Morgan fingerprint density at radius 1 is 1.11 bits per heavy atom. The zero-order valence-corrected chi connectivity index (χ0v) is 22.4. The van der Waals surface area contributed by atoms with Crippen LogP contribution in [-0.4, -0.2) is 60.3 Å². The Hall–Kier alpha value is -3.56. The lowest BCUT2D eigenvalue weighted by Gasteiger charge is -2.37. The average Bonchev–Trinajstić information content (AvgIpc) is 3.37. The predicted octanol–water partition coefficient (Wildman–Crippen LogP) is 4.65. The second kappa shape index (κ2) is 11.9. The molecule has 2 aromatic rings. The van der Waals surface area contributed by atoms with Gasteiger partial charge in [-0.15, -0.1) is 0 Å². The van der Waals surface area contributed by atoms with Gasteiger partial charge in [0, 0.05) is 18.8 Å². The van der Waals surface area contributed by atoms with E-state index < -0.39 is 12.0 Å². The summed E-state index contributed by atoms with van der Waals surface area (Å²) in [6, 6.07) is 17.2. The van der Waals surface area contributed by atoms with Gasteiger partial charge in [-0.3, -0.25) is 4.79 Å². The van der Waals surface area contributed by atoms with Crippen LogP contribution in [0.1, 0.15) is 36.9 Å². The molecule has 1 saturated heterocycles. The molecule has 9 heteroatoms. The summed E-state index contributed by atoms with van der Waals surface area (Å²) in [7, 11) is 1.38. The molecule has 0 aliphatic carbocycles. The number of rotatable bonds is 8. The first-order valence-corrected chi connectivity index (χ1v) is 13.6. The van der Waals surface area contributed by atoms with Crippen LogP contribution in [0.3, 0.4) is 0 Å². The van der Waals surface area contributed by atoms with E-state index in [4.69, 9.17) is 19.2 Å². The number of hydrogen-bond acceptors (Lipinski definition) is 8. The monoisotopic (exact) mass is 533 g/mol. The lowest BCUT2D eigenvalue weighted by atomic mass is 9.92. The highest BCUT2D eigenvalue weighted by molar-refractivity contribution is 8.16. The van der Waals surface area contributed by atoms with Crippen molar-refractivity contribution >= 4 is 28.8 Å². The van der Waals surface area contributed by atoms with E-state index in [9.17, 15) is 9.59 Å². The summed E-state index contributed by atoms with van der Waals surface area (Å²) < 4.78 is 16.7. The Labute approximate surface area is 226 Å². The number of carbonyl (C=O) groups is 2. The van der Waals surface area contributed by atoms with Crippen LogP contribution < -0.4 is 4.74 Å². The predicted molar refractivity (Wildman–Crippen MR) is 146 cm³/mol. The normalized spacial score (nSPS) is 19.1. The van der Waals surface area contributed by atoms with Gasteiger partial charge in [-0.1, -0.05) is 61.2 Å². The second-order valence-electron chi connectivity index (χ2n) is 9.12. The smallest absolute Gasteiger partial charge is 0.338 e. The molecule has 0 radical (unpaired) electrons. The number of methoxy groups -OCH3 is 1. The SMILES string of the molecule is CCC1=C(C(=O)OC)C(c2cccc(OCc3ccccc3)c2)N2C(CC(=O)N3CCOCC3)=CSC2=N1. The number of hydrogen-bond donors (Lipinski definition) is 0. The van der Waals surface area contributed by atoms with Gasteiger partial charge < -0.3 is 24.0 Å². The molecule has 0 N–H and O–H groups in total. The summed E-state index contributed by atoms with van der Waals surface area (Å²) in [5, 5.41) is 2.72. The number of esters is 1. The second-order valence-corrected chi connectivity index (χ2v) is 9.95. The Morgan fingerprint density at radius 2 is 1.89 bits per heavy atom. The summed E-state index contributed by atoms with van der Waals surface area (Å²) in [6.07, 6.45) is 0.785. The fourth-order valence-electron chi connectivity index (χ4n) is 4.82.